The van der Waals surface area contributed by atoms with Crippen LogP contribution in [0.3, 0.4) is 0 Å². The topological polar surface area (TPSA) is 276 Å². The fourth-order valence-corrected chi connectivity index (χ4v) is 15.6. The molecule has 0 unspecified atom stereocenters. The van der Waals surface area contributed by atoms with Crippen molar-refractivity contribution >= 4 is 116 Å². The Hall–Kier alpha value is -11.9. The number of benzene rings is 5. The van der Waals surface area contributed by atoms with Crippen molar-refractivity contribution in [1.29, 1.82) is 0 Å². The van der Waals surface area contributed by atoms with Gasteiger partial charge in [0.05, 0.1) is 85.4 Å². The number of halogens is 1. The summed E-state index contributed by atoms with van der Waals surface area (Å²) in [5.41, 5.74) is 8.06. The van der Waals surface area contributed by atoms with Crippen molar-refractivity contribution in [2.24, 2.45) is 0 Å². The predicted octanol–water partition coefficient (Wildman–Crippen LogP) is 25.1. The average Bonchev–Trinajstić information content (AvgIpc) is 1.19. The van der Waals surface area contributed by atoms with E-state index in [4.69, 9.17) is 83.6 Å². The molecule has 0 atom stereocenters. The van der Waals surface area contributed by atoms with E-state index < -0.39 is 0 Å². The zero-order valence-electron chi connectivity index (χ0n) is 79.3. The van der Waals surface area contributed by atoms with E-state index in [0.717, 1.165) is 156 Å². The van der Waals surface area contributed by atoms with Crippen LogP contribution in [-0.4, -0.2) is 154 Å². The number of anilines is 3. The molecule has 0 spiro atoms. The molecule has 0 aliphatic rings. The van der Waals surface area contributed by atoms with Crippen LogP contribution in [-0.2, 0) is 4.74 Å². The Balaban J connectivity index is 0.000000156. The standard InChI is InChI=1S/C22H29N3O3S.C20H24ClN3O2S.C20H25N3O2S.C20H25N3O2.C17H19N3O2/c1-14(2)23-21-25-19(13-29-21)18-12-20(28-22(3,4)5)16-8-7-15(11-17(16)24-18)27-10-9-26-6;1-11(2)22-19-24-14(10-27-19)13-9-16(26-20(3,4)5)12-7-8-15(25-6)17(21)18(12)23-13;1-12(2)21-19-23-17(11-26-19)16-10-18(25-20(3,4)5)14-8-7-13(24-6)9-15(14)22-16;1-13(2)16-9-10-23(22-16)19-12-18(25-20(3,4)5)15-8-7-14(24-6)11-17(15)21-19;1-17(2,3)22-15-11-16(20-9-5-8-18-20)19-14-10-12(21-4)6-7-13(14)15/h7-8,11-14H,9-10H2,1-6H3,(H,23,25);7-11H,1-6H3,(H,22,24);7-12H,1-6H3,(H,21,23);7-13H,1-6H3;5-11H,1-4H3. The van der Waals surface area contributed by atoms with Crippen LogP contribution in [0.2, 0.25) is 5.02 Å². The molecule has 3 N–H and O–H groups in total. The lowest BCUT2D eigenvalue weighted by Gasteiger charge is -2.23. The van der Waals surface area contributed by atoms with Gasteiger partial charge in [-0.25, -0.2) is 49.2 Å². The summed E-state index contributed by atoms with van der Waals surface area (Å²) in [6.07, 6.45) is 5.52. The number of rotatable bonds is 25. The van der Waals surface area contributed by atoms with Crippen molar-refractivity contribution in [3.05, 3.63) is 173 Å². The Labute approximate surface area is 774 Å². The molecule has 0 saturated heterocycles. The fraction of sp³-hybridized carbons (Fsp3) is 0.394. The zero-order chi connectivity index (χ0) is 93.6. The highest BCUT2D eigenvalue weighted by Crippen LogP contribution is 2.43. The average molecular weight is 1830 g/mol. The molecule has 10 heterocycles. The number of pyridine rings is 5. The number of fused-ring (bicyclic) bond motifs is 5. The lowest BCUT2D eigenvalue weighted by Crippen LogP contribution is -2.23. The van der Waals surface area contributed by atoms with Gasteiger partial charge in [-0.1, -0.05) is 25.4 Å². The summed E-state index contributed by atoms with van der Waals surface area (Å²) in [6, 6.07) is 41.6. The van der Waals surface area contributed by atoms with E-state index in [1.165, 1.54) is 0 Å². The third kappa shape index (κ3) is 27.6. The number of methoxy groups -OCH3 is 5. The summed E-state index contributed by atoms with van der Waals surface area (Å²) >= 11 is 11.2. The molecule has 0 radical (unpaired) electrons. The number of thiazole rings is 3. The van der Waals surface area contributed by atoms with E-state index in [0.29, 0.717) is 65.1 Å². The third-order valence-electron chi connectivity index (χ3n) is 18.1. The summed E-state index contributed by atoms with van der Waals surface area (Å²) < 4.78 is 66.6. The molecule has 15 aromatic rings. The highest BCUT2D eigenvalue weighted by Gasteiger charge is 2.26. The lowest BCUT2D eigenvalue weighted by atomic mass is 10.1. The molecule has 0 saturated carbocycles. The number of nitrogens with zero attached hydrogens (tertiary/aromatic N) is 12. The van der Waals surface area contributed by atoms with Crippen LogP contribution < -0.4 is 63.3 Å². The Bertz CT molecular complexity index is 6270. The highest BCUT2D eigenvalue weighted by atomic mass is 35.5. The normalized spacial score (nSPS) is 11.8. The van der Waals surface area contributed by atoms with Gasteiger partial charge in [0.15, 0.2) is 27.0 Å². The first-order chi connectivity index (χ1) is 60.9. The van der Waals surface area contributed by atoms with Gasteiger partial charge >= 0.3 is 0 Å². The van der Waals surface area contributed by atoms with Crippen molar-refractivity contribution in [1.82, 2.24) is 59.4 Å². The van der Waals surface area contributed by atoms with Gasteiger partial charge < -0.3 is 68.1 Å². The summed E-state index contributed by atoms with van der Waals surface area (Å²) in [5.74, 6) is 9.31. The van der Waals surface area contributed by atoms with Gasteiger partial charge in [0, 0.05) is 141 Å². The van der Waals surface area contributed by atoms with E-state index in [-0.39, 0.29) is 28.0 Å². The van der Waals surface area contributed by atoms with Crippen LogP contribution in [0.25, 0.3) is 100 Å². The van der Waals surface area contributed by atoms with E-state index in [1.54, 1.807) is 85.1 Å². The fourth-order valence-electron chi connectivity index (χ4n) is 12.8. The smallest absolute Gasteiger partial charge is 0.183 e. The molecule has 10 aromatic heterocycles. The van der Waals surface area contributed by atoms with Gasteiger partial charge in [-0.3, -0.25) is 0 Å². The maximum Gasteiger partial charge on any atom is 0.183 e. The Kier molecular flexibility index (Phi) is 31.9. The van der Waals surface area contributed by atoms with Gasteiger partial charge in [-0.05, 0) is 224 Å². The molecular formula is C99H122ClN15O11S3. The summed E-state index contributed by atoms with van der Waals surface area (Å²) in [6.45, 7) is 48.2. The number of hydrogen-bond acceptors (Lipinski definition) is 27. The Morgan fingerprint density at radius 1 is 0.357 bits per heavy atom. The molecule has 5 aromatic carbocycles. The molecule has 0 bridgehead atoms. The molecule has 15 rings (SSSR count). The molecule has 684 valence electrons. The van der Waals surface area contributed by atoms with Crippen LogP contribution in [0.4, 0.5) is 15.4 Å². The highest BCUT2D eigenvalue weighted by molar-refractivity contribution is 7.14. The quantitative estimate of drug-likeness (QED) is 0.0448. The third-order valence-corrected chi connectivity index (χ3v) is 20.8. The first kappa shape index (κ1) is 97.7. The maximum absolute atomic E-state index is 6.55. The SMILES string of the molecule is COCCOc1ccc2c(OC(C)(C)C)cc(-c3csc(NC(C)C)n3)nc2c1.COc1ccc2c(OC(C)(C)C)cc(-c3csc(NC(C)C)n3)nc2c1.COc1ccc2c(OC(C)(C)C)cc(-c3csc(NC(C)C)n3)nc2c1Cl.COc1ccc2c(OC(C)(C)C)cc(-n3ccc(C(C)C)n3)nc2c1.COc1ccc2c(OC(C)(C)C)cc(-n3cccn3)nc2c1. The van der Waals surface area contributed by atoms with E-state index in [2.05, 4.69) is 101 Å². The summed E-state index contributed by atoms with van der Waals surface area (Å²) in [5, 5.41) is 32.6. The van der Waals surface area contributed by atoms with Crippen LogP contribution in [0.1, 0.15) is 171 Å². The summed E-state index contributed by atoms with van der Waals surface area (Å²) in [7, 11) is 8.20. The first-order valence-corrected chi connectivity index (χ1v) is 45.8. The van der Waals surface area contributed by atoms with Crippen LogP contribution in [0.5, 0.6) is 57.5 Å². The van der Waals surface area contributed by atoms with Gasteiger partial charge in [0.2, 0.25) is 0 Å². The second kappa shape index (κ2) is 42.1. The zero-order valence-corrected chi connectivity index (χ0v) is 82.5. The Morgan fingerprint density at radius 2 is 0.713 bits per heavy atom. The van der Waals surface area contributed by atoms with Gasteiger partial charge in [-0.2, -0.15) is 10.2 Å². The monoisotopic (exact) mass is 1830 g/mol. The molecule has 0 aliphatic heterocycles. The van der Waals surface area contributed by atoms with Crippen LogP contribution in [0, 0.1) is 0 Å². The Morgan fingerprint density at radius 3 is 1.06 bits per heavy atom. The molecule has 0 amide bonds. The van der Waals surface area contributed by atoms with Gasteiger partial charge in [0.25, 0.3) is 0 Å². The van der Waals surface area contributed by atoms with Crippen molar-refractivity contribution in [3.8, 4) is 103 Å². The van der Waals surface area contributed by atoms with Gasteiger partial charge in [-0.15, -0.1) is 34.0 Å². The number of aromatic nitrogens is 12. The minimum absolute atomic E-state index is 0.296. The molecule has 129 heavy (non-hydrogen) atoms. The van der Waals surface area contributed by atoms with Crippen LogP contribution in [0.15, 0.2) is 162 Å². The molecule has 30 heteroatoms. The minimum atomic E-state index is -0.357. The molecule has 0 fully saturated rings. The molecule has 0 aliphatic carbocycles. The van der Waals surface area contributed by atoms with Crippen molar-refractivity contribution in [2.75, 3.05) is 64.7 Å². The van der Waals surface area contributed by atoms with Crippen LogP contribution >= 0.6 is 45.6 Å². The predicted molar refractivity (Wildman–Crippen MR) is 527 cm³/mol. The lowest BCUT2D eigenvalue weighted by molar-refractivity contribution is 0.132. The summed E-state index contributed by atoms with van der Waals surface area (Å²) in [4.78, 5) is 37.8. The number of ether oxygens (including phenoxy) is 11. The molecule has 26 nitrogen and oxygen atoms in total. The van der Waals surface area contributed by atoms with E-state index in [1.807, 2.05) is 260 Å². The second-order valence-corrected chi connectivity index (χ2v) is 39.4. The van der Waals surface area contributed by atoms with Crippen molar-refractivity contribution < 1.29 is 52.1 Å². The first-order valence-electron chi connectivity index (χ1n) is 42.8. The number of hydrogen-bond donors (Lipinski definition) is 3. The minimum Gasteiger partial charge on any atom is -0.497 e. The van der Waals surface area contributed by atoms with Crippen molar-refractivity contribution in [3.63, 3.8) is 0 Å². The largest absolute Gasteiger partial charge is 0.497 e. The second-order valence-electron chi connectivity index (χ2n) is 36.5. The van der Waals surface area contributed by atoms with E-state index in [9.17, 15) is 0 Å². The van der Waals surface area contributed by atoms with E-state index >= 15 is 0 Å². The van der Waals surface area contributed by atoms with Crippen molar-refractivity contribution in [2.45, 2.75) is 211 Å². The number of nitrogens with one attached hydrogen (secondary N) is 3. The maximum atomic E-state index is 6.55. The van der Waals surface area contributed by atoms with Gasteiger partial charge in [0.1, 0.15) is 114 Å². The molecular weight excluding hydrogens is 1710 g/mol.